The van der Waals surface area contributed by atoms with Crippen LogP contribution in [-0.4, -0.2) is 48.8 Å². The molecule has 0 aliphatic heterocycles. The van der Waals surface area contributed by atoms with E-state index in [9.17, 15) is 0 Å². The van der Waals surface area contributed by atoms with Crippen molar-refractivity contribution in [3.63, 3.8) is 0 Å². The van der Waals surface area contributed by atoms with Gasteiger partial charge in [-0.05, 0) is 31.2 Å². The lowest BCUT2D eigenvalue weighted by atomic mass is 9.92. The Morgan fingerprint density at radius 2 is 2.00 bits per heavy atom. The second-order valence-corrected chi connectivity index (χ2v) is 6.17. The Bertz CT molecular complexity index is 202. The molecule has 2 N–H and O–H groups in total. The van der Waals surface area contributed by atoms with E-state index in [2.05, 4.69) is 31.0 Å². The van der Waals surface area contributed by atoms with Crippen LogP contribution in [0.5, 0.6) is 0 Å². The van der Waals surface area contributed by atoms with Gasteiger partial charge in [-0.15, -0.1) is 0 Å². The Morgan fingerprint density at radius 3 is 2.53 bits per heavy atom. The maximum absolute atomic E-state index is 9.10. The van der Waals surface area contributed by atoms with Gasteiger partial charge in [0.15, 0.2) is 0 Å². The second-order valence-electron chi connectivity index (χ2n) is 6.17. The second kappa shape index (κ2) is 7.34. The summed E-state index contributed by atoms with van der Waals surface area (Å²) in [5.74, 6) is 0. The van der Waals surface area contributed by atoms with Gasteiger partial charge in [0.1, 0.15) is 0 Å². The molecule has 1 aliphatic rings. The lowest BCUT2D eigenvalue weighted by molar-refractivity contribution is 0.140. The number of rotatable bonds is 10. The van der Waals surface area contributed by atoms with Gasteiger partial charge in [0.2, 0.25) is 0 Å². The van der Waals surface area contributed by atoms with Crippen LogP contribution >= 0.6 is 0 Å². The molecule has 102 valence electrons. The molecule has 0 aromatic rings. The third kappa shape index (κ3) is 7.02. The molecular formula is C14H30N2O. The van der Waals surface area contributed by atoms with Crippen molar-refractivity contribution in [2.24, 2.45) is 5.41 Å². The lowest BCUT2D eigenvalue weighted by Crippen LogP contribution is -2.42. The van der Waals surface area contributed by atoms with Gasteiger partial charge >= 0.3 is 0 Å². The maximum atomic E-state index is 9.10. The van der Waals surface area contributed by atoms with E-state index in [0.29, 0.717) is 5.41 Å². The molecule has 3 heteroatoms. The average molecular weight is 242 g/mol. The minimum Gasteiger partial charge on any atom is -0.395 e. The summed E-state index contributed by atoms with van der Waals surface area (Å²) < 4.78 is 0. The first-order valence-corrected chi connectivity index (χ1v) is 7.14. The van der Waals surface area contributed by atoms with Crippen molar-refractivity contribution in [2.45, 2.75) is 52.5 Å². The van der Waals surface area contributed by atoms with Gasteiger partial charge in [0.05, 0.1) is 6.61 Å². The molecule has 1 rings (SSSR count). The molecule has 0 spiro atoms. The third-order valence-electron chi connectivity index (χ3n) is 3.34. The SMILES string of the molecule is CCCCN(CCO)CC(C)(C)CNC1CC1. The summed E-state index contributed by atoms with van der Waals surface area (Å²) in [6, 6.07) is 0.788. The maximum Gasteiger partial charge on any atom is 0.0558 e. The zero-order valence-corrected chi connectivity index (χ0v) is 11.8. The first kappa shape index (κ1) is 14.9. The molecule has 0 amide bonds. The summed E-state index contributed by atoms with van der Waals surface area (Å²) in [6.07, 6.45) is 5.16. The van der Waals surface area contributed by atoms with Gasteiger partial charge in [-0.3, -0.25) is 0 Å². The normalized spacial score (nSPS) is 16.8. The highest BCUT2D eigenvalue weighted by molar-refractivity contribution is 4.85. The van der Waals surface area contributed by atoms with Crippen LogP contribution in [0, 0.1) is 5.41 Å². The van der Waals surface area contributed by atoms with E-state index >= 15 is 0 Å². The van der Waals surface area contributed by atoms with E-state index in [-0.39, 0.29) is 6.61 Å². The minimum absolute atomic E-state index is 0.274. The fourth-order valence-electron chi connectivity index (χ4n) is 2.16. The van der Waals surface area contributed by atoms with Crippen molar-refractivity contribution >= 4 is 0 Å². The van der Waals surface area contributed by atoms with Crippen LogP contribution in [-0.2, 0) is 0 Å². The molecular weight excluding hydrogens is 212 g/mol. The molecule has 1 saturated carbocycles. The number of hydrogen-bond donors (Lipinski definition) is 2. The van der Waals surface area contributed by atoms with Crippen LogP contribution in [0.15, 0.2) is 0 Å². The van der Waals surface area contributed by atoms with E-state index in [0.717, 1.165) is 32.2 Å². The fraction of sp³-hybridized carbons (Fsp3) is 1.00. The number of nitrogens with one attached hydrogen (secondary N) is 1. The smallest absolute Gasteiger partial charge is 0.0558 e. The van der Waals surface area contributed by atoms with E-state index in [4.69, 9.17) is 5.11 Å². The van der Waals surface area contributed by atoms with E-state index in [1.807, 2.05) is 0 Å². The molecule has 0 aromatic carbocycles. The van der Waals surface area contributed by atoms with Crippen molar-refractivity contribution < 1.29 is 5.11 Å². The van der Waals surface area contributed by atoms with Crippen LogP contribution in [0.3, 0.4) is 0 Å². The predicted molar refractivity (Wildman–Crippen MR) is 73.2 cm³/mol. The van der Waals surface area contributed by atoms with Crippen molar-refractivity contribution in [2.75, 3.05) is 32.8 Å². The third-order valence-corrected chi connectivity index (χ3v) is 3.34. The van der Waals surface area contributed by atoms with Gasteiger partial charge in [-0.2, -0.15) is 0 Å². The van der Waals surface area contributed by atoms with Crippen molar-refractivity contribution in [1.82, 2.24) is 10.2 Å². The molecule has 0 aromatic heterocycles. The standard InChI is InChI=1S/C14H30N2O/c1-4-5-8-16(9-10-17)12-14(2,3)11-15-13-6-7-13/h13,15,17H,4-12H2,1-3H3. The molecule has 0 saturated heterocycles. The first-order valence-electron chi connectivity index (χ1n) is 7.14. The van der Waals surface area contributed by atoms with Crippen LogP contribution in [0.4, 0.5) is 0 Å². The van der Waals surface area contributed by atoms with Crippen LogP contribution in [0.2, 0.25) is 0 Å². The van der Waals surface area contributed by atoms with Gasteiger partial charge in [0.25, 0.3) is 0 Å². The summed E-state index contributed by atoms with van der Waals surface area (Å²) >= 11 is 0. The molecule has 1 aliphatic carbocycles. The number of aliphatic hydroxyl groups is 1. The Hall–Kier alpha value is -0.120. The summed E-state index contributed by atoms with van der Waals surface area (Å²) in [4.78, 5) is 2.40. The monoisotopic (exact) mass is 242 g/mol. The Labute approximate surface area is 107 Å². The van der Waals surface area contributed by atoms with Gasteiger partial charge in [-0.25, -0.2) is 0 Å². The molecule has 0 bridgehead atoms. The molecule has 0 heterocycles. The predicted octanol–water partition coefficient (Wildman–Crippen LogP) is 1.86. The minimum atomic E-state index is 0.274. The van der Waals surface area contributed by atoms with Crippen LogP contribution in [0.25, 0.3) is 0 Å². The van der Waals surface area contributed by atoms with Gasteiger partial charge in [-0.1, -0.05) is 27.2 Å². The molecule has 3 nitrogen and oxygen atoms in total. The molecule has 17 heavy (non-hydrogen) atoms. The molecule has 1 fully saturated rings. The number of aliphatic hydroxyl groups excluding tert-OH is 1. The molecule has 0 unspecified atom stereocenters. The van der Waals surface area contributed by atoms with E-state index in [1.54, 1.807) is 0 Å². The highest BCUT2D eigenvalue weighted by Gasteiger charge is 2.26. The summed E-state index contributed by atoms with van der Waals surface area (Å²) in [7, 11) is 0. The summed E-state index contributed by atoms with van der Waals surface area (Å²) in [5.41, 5.74) is 0.297. The Kier molecular flexibility index (Phi) is 6.45. The topological polar surface area (TPSA) is 35.5 Å². The number of nitrogens with zero attached hydrogens (tertiary/aromatic N) is 1. The quantitative estimate of drug-likeness (QED) is 0.614. The number of hydrogen-bond acceptors (Lipinski definition) is 3. The lowest BCUT2D eigenvalue weighted by Gasteiger charge is -2.32. The van der Waals surface area contributed by atoms with E-state index < -0.39 is 0 Å². The van der Waals surface area contributed by atoms with Crippen LogP contribution < -0.4 is 5.32 Å². The largest absolute Gasteiger partial charge is 0.395 e. The zero-order chi connectivity index (χ0) is 12.7. The van der Waals surface area contributed by atoms with Gasteiger partial charge in [0, 0.05) is 25.7 Å². The number of unbranched alkanes of at least 4 members (excludes halogenated alkanes) is 1. The van der Waals surface area contributed by atoms with Crippen molar-refractivity contribution in [3.8, 4) is 0 Å². The fourth-order valence-corrected chi connectivity index (χ4v) is 2.16. The Balaban J connectivity index is 2.27. The van der Waals surface area contributed by atoms with E-state index in [1.165, 1.54) is 25.7 Å². The highest BCUT2D eigenvalue weighted by atomic mass is 16.3. The molecule has 0 radical (unpaired) electrons. The molecule has 0 atom stereocenters. The summed E-state index contributed by atoms with van der Waals surface area (Å²) in [5, 5.41) is 12.7. The van der Waals surface area contributed by atoms with Gasteiger partial charge < -0.3 is 15.3 Å². The Morgan fingerprint density at radius 1 is 1.29 bits per heavy atom. The van der Waals surface area contributed by atoms with Crippen molar-refractivity contribution in [3.05, 3.63) is 0 Å². The average Bonchev–Trinajstić information content (AvgIpc) is 3.07. The summed E-state index contributed by atoms with van der Waals surface area (Å²) in [6.45, 7) is 11.2. The first-order chi connectivity index (χ1) is 8.07. The highest BCUT2D eigenvalue weighted by Crippen LogP contribution is 2.22. The zero-order valence-electron chi connectivity index (χ0n) is 11.8. The van der Waals surface area contributed by atoms with Crippen molar-refractivity contribution in [1.29, 1.82) is 0 Å². The van der Waals surface area contributed by atoms with Crippen LogP contribution in [0.1, 0.15) is 46.5 Å².